The van der Waals surface area contributed by atoms with Crippen molar-refractivity contribution >= 4 is 0 Å². The Kier molecular flexibility index (Phi) is 2.66. The van der Waals surface area contributed by atoms with Gasteiger partial charge in [-0.2, -0.15) is 13.2 Å². The number of halogens is 3. The third-order valence-electron chi connectivity index (χ3n) is 2.45. The molecule has 1 N–H and O–H groups in total. The van der Waals surface area contributed by atoms with Crippen LogP contribution in [0, 0.1) is 0 Å². The summed E-state index contributed by atoms with van der Waals surface area (Å²) in [5.41, 5.74) is -3.75. The number of alkyl halides is 3. The zero-order valence-corrected chi connectivity index (χ0v) is 8.48. The molecule has 6 heteroatoms. The van der Waals surface area contributed by atoms with Gasteiger partial charge in [-0.25, -0.2) is 0 Å². The minimum absolute atomic E-state index is 0.304. The molecule has 0 aliphatic rings. The molecule has 1 atom stereocenters. The standard InChI is InChI=1S/C11H8F3NO2/c12-11(13,14)10(16,9-3-6-17-7-9)8-1-4-15-5-2-8/h1-7,16H. The lowest BCUT2D eigenvalue weighted by Crippen LogP contribution is -2.43. The predicted octanol–water partition coefficient (Wildman–Crippen LogP) is 2.47. The monoisotopic (exact) mass is 243 g/mol. The van der Waals surface area contributed by atoms with Gasteiger partial charge in [0.25, 0.3) is 0 Å². The highest BCUT2D eigenvalue weighted by atomic mass is 19.4. The van der Waals surface area contributed by atoms with Crippen LogP contribution in [0.25, 0.3) is 0 Å². The van der Waals surface area contributed by atoms with Gasteiger partial charge in [-0.15, -0.1) is 0 Å². The van der Waals surface area contributed by atoms with Crippen LogP contribution < -0.4 is 0 Å². The van der Waals surface area contributed by atoms with Crippen molar-refractivity contribution in [2.75, 3.05) is 0 Å². The third kappa shape index (κ3) is 1.80. The number of hydrogen-bond donors (Lipinski definition) is 1. The van der Waals surface area contributed by atoms with Crippen LogP contribution in [0.3, 0.4) is 0 Å². The topological polar surface area (TPSA) is 46.3 Å². The van der Waals surface area contributed by atoms with Crippen molar-refractivity contribution in [3.63, 3.8) is 0 Å². The van der Waals surface area contributed by atoms with Gasteiger partial charge in [0.2, 0.25) is 5.60 Å². The largest absolute Gasteiger partial charge is 0.472 e. The van der Waals surface area contributed by atoms with E-state index in [0.29, 0.717) is 0 Å². The van der Waals surface area contributed by atoms with Crippen molar-refractivity contribution in [2.45, 2.75) is 11.8 Å². The molecule has 3 nitrogen and oxygen atoms in total. The van der Waals surface area contributed by atoms with Gasteiger partial charge >= 0.3 is 6.18 Å². The Hall–Kier alpha value is -1.82. The van der Waals surface area contributed by atoms with Gasteiger partial charge < -0.3 is 9.52 Å². The van der Waals surface area contributed by atoms with E-state index in [2.05, 4.69) is 9.40 Å². The molecule has 0 radical (unpaired) electrons. The van der Waals surface area contributed by atoms with E-state index in [4.69, 9.17) is 0 Å². The maximum Gasteiger partial charge on any atom is 0.425 e. The second-order valence-corrected chi connectivity index (χ2v) is 3.46. The van der Waals surface area contributed by atoms with Crippen LogP contribution in [0.15, 0.2) is 47.5 Å². The summed E-state index contributed by atoms with van der Waals surface area (Å²) in [5.74, 6) is 0. The normalized spacial score (nSPS) is 15.5. The number of hydrogen-bond acceptors (Lipinski definition) is 3. The molecule has 0 fully saturated rings. The molecule has 17 heavy (non-hydrogen) atoms. The maximum atomic E-state index is 13.0. The lowest BCUT2D eigenvalue weighted by atomic mass is 9.88. The molecular weight excluding hydrogens is 235 g/mol. The summed E-state index contributed by atoms with van der Waals surface area (Å²) in [4.78, 5) is 3.62. The van der Waals surface area contributed by atoms with Crippen LogP contribution in [-0.2, 0) is 5.60 Å². The summed E-state index contributed by atoms with van der Waals surface area (Å²) < 4.78 is 43.7. The Labute approximate surface area is 94.5 Å². The lowest BCUT2D eigenvalue weighted by molar-refractivity contribution is -0.248. The first-order valence-corrected chi connectivity index (χ1v) is 4.68. The van der Waals surface area contributed by atoms with Gasteiger partial charge in [0, 0.05) is 23.5 Å². The third-order valence-corrected chi connectivity index (χ3v) is 2.45. The van der Waals surface area contributed by atoms with E-state index < -0.39 is 11.8 Å². The minimum Gasteiger partial charge on any atom is -0.472 e. The molecule has 0 aromatic carbocycles. The van der Waals surface area contributed by atoms with Crippen LogP contribution >= 0.6 is 0 Å². The molecule has 2 rings (SSSR count). The maximum absolute atomic E-state index is 13.0. The summed E-state index contributed by atoms with van der Waals surface area (Å²) in [7, 11) is 0. The molecule has 0 amide bonds. The fraction of sp³-hybridized carbons (Fsp3) is 0.182. The van der Waals surface area contributed by atoms with Gasteiger partial charge in [-0.3, -0.25) is 4.98 Å². The molecule has 0 bridgehead atoms. The molecule has 0 saturated carbocycles. The van der Waals surface area contributed by atoms with Crippen molar-refractivity contribution < 1.29 is 22.7 Å². The molecule has 90 valence electrons. The molecule has 1 unspecified atom stereocenters. The Morgan fingerprint density at radius 2 is 1.71 bits per heavy atom. The van der Waals surface area contributed by atoms with Crippen molar-refractivity contribution in [1.82, 2.24) is 4.98 Å². The highest BCUT2D eigenvalue weighted by molar-refractivity contribution is 5.34. The van der Waals surface area contributed by atoms with Gasteiger partial charge in [-0.1, -0.05) is 0 Å². The Balaban J connectivity index is 2.61. The van der Waals surface area contributed by atoms with Crippen LogP contribution in [-0.4, -0.2) is 16.3 Å². The van der Waals surface area contributed by atoms with Gasteiger partial charge in [0.05, 0.1) is 12.5 Å². The van der Waals surface area contributed by atoms with E-state index in [1.165, 1.54) is 12.4 Å². The van der Waals surface area contributed by atoms with E-state index in [9.17, 15) is 18.3 Å². The number of aliphatic hydroxyl groups is 1. The molecule has 0 aliphatic heterocycles. The average Bonchev–Trinajstić information content (AvgIpc) is 2.81. The summed E-state index contributed by atoms with van der Waals surface area (Å²) in [5, 5.41) is 9.97. The smallest absolute Gasteiger partial charge is 0.425 e. The molecule has 0 aliphatic carbocycles. The molecular formula is C11H8F3NO2. The Morgan fingerprint density at radius 1 is 1.06 bits per heavy atom. The first-order chi connectivity index (χ1) is 7.96. The highest BCUT2D eigenvalue weighted by Gasteiger charge is 2.56. The fourth-order valence-electron chi connectivity index (χ4n) is 1.56. The van der Waals surface area contributed by atoms with Crippen LogP contribution in [0.1, 0.15) is 11.1 Å². The fourth-order valence-corrected chi connectivity index (χ4v) is 1.56. The number of aromatic nitrogens is 1. The zero-order chi connectivity index (χ0) is 12.5. The zero-order valence-electron chi connectivity index (χ0n) is 8.48. The number of furan rings is 1. The lowest BCUT2D eigenvalue weighted by Gasteiger charge is -2.29. The molecule has 0 spiro atoms. The highest BCUT2D eigenvalue weighted by Crippen LogP contribution is 2.43. The number of pyridine rings is 1. The van der Waals surface area contributed by atoms with E-state index in [0.717, 1.165) is 30.7 Å². The predicted molar refractivity (Wildman–Crippen MR) is 52.0 cm³/mol. The number of rotatable bonds is 2. The Bertz CT molecular complexity index is 481. The first kappa shape index (κ1) is 11.7. The van der Waals surface area contributed by atoms with E-state index in [1.54, 1.807) is 0 Å². The van der Waals surface area contributed by atoms with Gasteiger partial charge in [0.15, 0.2) is 0 Å². The number of nitrogens with zero attached hydrogens (tertiary/aromatic N) is 1. The minimum atomic E-state index is -4.85. The van der Waals surface area contributed by atoms with Gasteiger partial charge in [-0.05, 0) is 18.2 Å². The molecule has 2 heterocycles. The van der Waals surface area contributed by atoms with Crippen LogP contribution in [0.5, 0.6) is 0 Å². The molecule has 0 saturated heterocycles. The summed E-state index contributed by atoms with van der Waals surface area (Å²) in [6.07, 6.45) is -0.530. The van der Waals surface area contributed by atoms with E-state index >= 15 is 0 Å². The van der Waals surface area contributed by atoms with Crippen molar-refractivity contribution in [3.05, 3.63) is 54.2 Å². The van der Waals surface area contributed by atoms with Gasteiger partial charge in [0.1, 0.15) is 0 Å². The molecule has 2 aromatic heterocycles. The van der Waals surface area contributed by atoms with E-state index in [-0.39, 0.29) is 11.1 Å². The second kappa shape index (κ2) is 3.89. The summed E-state index contributed by atoms with van der Waals surface area (Å²) in [6.45, 7) is 0. The van der Waals surface area contributed by atoms with Crippen molar-refractivity contribution in [1.29, 1.82) is 0 Å². The van der Waals surface area contributed by atoms with E-state index in [1.807, 2.05) is 0 Å². The average molecular weight is 243 g/mol. The van der Waals surface area contributed by atoms with Crippen LogP contribution in [0.2, 0.25) is 0 Å². The van der Waals surface area contributed by atoms with Crippen molar-refractivity contribution in [2.24, 2.45) is 0 Å². The SMILES string of the molecule is OC(c1ccncc1)(c1ccoc1)C(F)(F)F. The summed E-state index contributed by atoms with van der Waals surface area (Å²) in [6, 6.07) is 3.30. The molecule has 2 aromatic rings. The van der Waals surface area contributed by atoms with Crippen LogP contribution in [0.4, 0.5) is 13.2 Å². The quantitative estimate of drug-likeness (QED) is 0.881. The first-order valence-electron chi connectivity index (χ1n) is 4.68. The second-order valence-electron chi connectivity index (χ2n) is 3.46. The summed E-state index contributed by atoms with van der Waals surface area (Å²) >= 11 is 0. The van der Waals surface area contributed by atoms with Crippen molar-refractivity contribution in [3.8, 4) is 0 Å². The Morgan fingerprint density at radius 3 is 2.18 bits per heavy atom.